The SMILES string of the molecule is CNC(=O)C[C@H](N)c1nc(C(=O)NC(c2nc(C(=O)NCC(=O)N[C@H](c3nc(-c4nc(-c5nc(-c6nc(N(C(=O)O[C@H]7CC[C@H](C(=O)O)CC7)c7ccc(C(=O)O)cc7)cs6)ccc5-c5nc(C=O)cs5)cs4)cs3)[C@@H](O)c3ccccc3)c(COC)s2)C(C)C)c(C)s1. The average molecular weight is 1390 g/mol. The molecule has 0 spiro atoms. The van der Waals surface area contributed by atoms with Gasteiger partial charge in [0.1, 0.15) is 82.5 Å². The van der Waals surface area contributed by atoms with Crippen LogP contribution in [0.15, 0.2) is 88.3 Å². The molecule has 1 fully saturated rings. The van der Waals surface area contributed by atoms with E-state index in [-0.39, 0.29) is 59.0 Å². The number of carboxylic acids is 2. The summed E-state index contributed by atoms with van der Waals surface area (Å²) in [5, 5.41) is 51.4. The maximum atomic E-state index is 14.1. The van der Waals surface area contributed by atoms with E-state index < -0.39 is 78.5 Å². The summed E-state index contributed by atoms with van der Waals surface area (Å²) in [7, 11) is 2.97. The molecule has 0 radical (unpaired) electrons. The Morgan fingerprint density at radius 2 is 1.41 bits per heavy atom. The number of carbonyl (C=O) groups is 8. The van der Waals surface area contributed by atoms with Crippen molar-refractivity contribution in [1.82, 2.24) is 56.2 Å². The molecule has 9 aromatic rings. The zero-order chi connectivity index (χ0) is 66.9. The number of ether oxygens (including phenoxy) is 2. The number of aryl methyl sites for hydroxylation is 1. The minimum atomic E-state index is -1.32. The minimum absolute atomic E-state index is 0.00735. The number of anilines is 2. The van der Waals surface area contributed by atoms with Crippen molar-refractivity contribution in [2.45, 2.75) is 89.8 Å². The lowest BCUT2D eigenvalue weighted by molar-refractivity contribution is -0.143. The third kappa shape index (κ3) is 15.8. The number of carboxylic acid groups (broad SMARTS) is 2. The second-order valence-corrected chi connectivity index (χ2v) is 27.6. The van der Waals surface area contributed by atoms with Crippen LogP contribution in [-0.4, -0.2) is 125 Å². The molecule has 488 valence electrons. The van der Waals surface area contributed by atoms with Crippen molar-refractivity contribution in [2.24, 2.45) is 17.6 Å². The number of rotatable bonds is 26. The first-order valence-electron chi connectivity index (χ1n) is 29.1. The van der Waals surface area contributed by atoms with Crippen LogP contribution in [0.5, 0.6) is 0 Å². The minimum Gasteiger partial charge on any atom is -0.481 e. The number of aliphatic carboxylic acids is 1. The van der Waals surface area contributed by atoms with Crippen molar-refractivity contribution in [3.05, 3.63) is 141 Å². The Balaban J connectivity index is 0.880. The molecule has 32 heteroatoms. The molecule has 1 unspecified atom stereocenters. The Bertz CT molecular complexity index is 4250. The van der Waals surface area contributed by atoms with Crippen LogP contribution in [-0.2, 0) is 30.5 Å². The van der Waals surface area contributed by atoms with Crippen LogP contribution < -0.4 is 31.9 Å². The van der Waals surface area contributed by atoms with E-state index in [0.717, 1.165) is 11.3 Å². The number of benzene rings is 2. The first-order valence-corrected chi connectivity index (χ1v) is 34.3. The van der Waals surface area contributed by atoms with Crippen molar-refractivity contribution in [3.8, 4) is 43.4 Å². The number of aromatic nitrogens is 7. The van der Waals surface area contributed by atoms with Crippen LogP contribution >= 0.6 is 68.0 Å². The number of amides is 5. The molecule has 0 aliphatic heterocycles. The third-order valence-electron chi connectivity index (χ3n) is 14.9. The second-order valence-electron chi connectivity index (χ2n) is 21.8. The first-order chi connectivity index (χ1) is 45.2. The second kappa shape index (κ2) is 30.4. The maximum absolute atomic E-state index is 14.1. The summed E-state index contributed by atoms with van der Waals surface area (Å²) in [5.41, 5.74) is 9.36. The molecule has 2 aromatic carbocycles. The smallest absolute Gasteiger partial charge is 0.420 e. The van der Waals surface area contributed by atoms with E-state index in [9.17, 15) is 53.7 Å². The Labute approximate surface area is 560 Å². The van der Waals surface area contributed by atoms with Crippen molar-refractivity contribution in [1.29, 1.82) is 0 Å². The van der Waals surface area contributed by atoms with Crippen LogP contribution in [0.4, 0.5) is 16.3 Å². The Kier molecular flexibility index (Phi) is 21.9. The molecule has 0 bridgehead atoms. The number of nitrogens with zero attached hydrogens (tertiary/aromatic N) is 8. The van der Waals surface area contributed by atoms with Gasteiger partial charge in [-0.1, -0.05) is 44.2 Å². The van der Waals surface area contributed by atoms with Gasteiger partial charge in [-0.25, -0.2) is 49.4 Å². The topological polar surface area (TPSA) is 383 Å². The number of nitrogens with two attached hydrogens (primary N) is 1. The lowest BCUT2D eigenvalue weighted by Crippen LogP contribution is -2.40. The molecule has 94 heavy (non-hydrogen) atoms. The normalized spacial score (nSPS) is 15.1. The largest absolute Gasteiger partial charge is 0.481 e. The number of carbonyl (C=O) groups excluding carboxylic acids is 6. The summed E-state index contributed by atoms with van der Waals surface area (Å²) in [6.45, 7) is 4.95. The highest BCUT2D eigenvalue weighted by Crippen LogP contribution is 2.41. The molecule has 7 aromatic heterocycles. The number of aromatic carboxylic acids is 1. The number of aliphatic hydroxyl groups excluding tert-OH is 1. The number of hydrogen-bond donors (Lipinski definition) is 8. The highest BCUT2D eigenvalue weighted by Gasteiger charge is 2.34. The Hall–Kier alpha value is -8.99. The van der Waals surface area contributed by atoms with Crippen LogP contribution in [0.1, 0.15) is 142 Å². The van der Waals surface area contributed by atoms with E-state index in [1.807, 2.05) is 13.8 Å². The van der Waals surface area contributed by atoms with Crippen LogP contribution in [0.25, 0.3) is 43.4 Å². The third-order valence-corrected chi connectivity index (χ3v) is 20.7. The number of pyridine rings is 1. The van der Waals surface area contributed by atoms with Gasteiger partial charge in [-0.2, -0.15) is 0 Å². The van der Waals surface area contributed by atoms with Crippen molar-refractivity contribution in [2.75, 3.05) is 25.6 Å². The predicted octanol–water partition coefficient (Wildman–Crippen LogP) is 9.96. The molecular weight excluding hydrogens is 1330 g/mol. The van der Waals surface area contributed by atoms with Crippen LogP contribution in [0.2, 0.25) is 0 Å². The Morgan fingerprint density at radius 1 is 0.713 bits per heavy atom. The molecule has 10 rings (SSSR count). The van der Waals surface area contributed by atoms with Gasteiger partial charge in [-0.05, 0) is 80.5 Å². The highest BCUT2D eigenvalue weighted by molar-refractivity contribution is 7.15. The van der Waals surface area contributed by atoms with Gasteiger partial charge < -0.3 is 51.8 Å². The Morgan fingerprint density at radius 3 is 2.10 bits per heavy atom. The van der Waals surface area contributed by atoms with E-state index in [1.54, 1.807) is 70.9 Å². The molecule has 9 N–H and O–H groups in total. The molecule has 1 aliphatic rings. The van der Waals surface area contributed by atoms with Gasteiger partial charge in [0.05, 0.1) is 53.0 Å². The van der Waals surface area contributed by atoms with E-state index in [2.05, 4.69) is 36.2 Å². The summed E-state index contributed by atoms with van der Waals surface area (Å²) < 4.78 is 11.4. The summed E-state index contributed by atoms with van der Waals surface area (Å²) in [6, 6.07) is 15.2. The average Bonchev–Trinajstić information content (AvgIpc) is 1.65. The van der Waals surface area contributed by atoms with E-state index in [4.69, 9.17) is 35.1 Å². The van der Waals surface area contributed by atoms with Gasteiger partial charge in [0.2, 0.25) is 11.8 Å². The molecule has 4 atom stereocenters. The van der Waals surface area contributed by atoms with E-state index in [1.165, 1.54) is 100 Å². The summed E-state index contributed by atoms with van der Waals surface area (Å²) in [4.78, 5) is 139. The number of nitrogens with one attached hydrogen (secondary N) is 4. The van der Waals surface area contributed by atoms with Gasteiger partial charge in [0.25, 0.3) is 11.8 Å². The van der Waals surface area contributed by atoms with Gasteiger partial charge in [-0.3, -0.25) is 28.8 Å². The summed E-state index contributed by atoms with van der Waals surface area (Å²) >= 11 is 7.18. The lowest BCUT2D eigenvalue weighted by atomic mass is 9.87. The number of methoxy groups -OCH3 is 1. The maximum Gasteiger partial charge on any atom is 0.420 e. The zero-order valence-corrected chi connectivity index (χ0v) is 55.7. The fourth-order valence-electron chi connectivity index (χ4n) is 10.0. The van der Waals surface area contributed by atoms with Crippen LogP contribution in [0, 0.1) is 18.8 Å². The molecule has 1 saturated carbocycles. The molecule has 0 saturated heterocycles. The molecule has 7 heterocycles. The quantitative estimate of drug-likeness (QED) is 0.0234. The molecule has 1 aliphatic carbocycles. The summed E-state index contributed by atoms with van der Waals surface area (Å²) in [6.07, 6.45) is -0.715. The molecular formula is C62H61N13O13S6. The van der Waals surface area contributed by atoms with E-state index in [0.29, 0.717) is 106 Å². The monoisotopic (exact) mass is 1390 g/mol. The van der Waals surface area contributed by atoms with Gasteiger partial charge >= 0.3 is 18.0 Å². The number of aldehydes is 1. The van der Waals surface area contributed by atoms with Gasteiger partial charge in [0.15, 0.2) is 12.1 Å². The molecule has 5 amide bonds. The summed E-state index contributed by atoms with van der Waals surface area (Å²) in [5.74, 6) is -4.81. The van der Waals surface area contributed by atoms with E-state index >= 15 is 0 Å². The van der Waals surface area contributed by atoms with Crippen LogP contribution in [0.3, 0.4) is 0 Å². The lowest BCUT2D eigenvalue weighted by Gasteiger charge is -2.28. The number of hydrogen-bond acceptors (Lipinski definition) is 25. The fourth-order valence-corrected chi connectivity index (χ4v) is 15.5. The number of thiazole rings is 6. The van der Waals surface area contributed by atoms with Gasteiger partial charge in [0, 0.05) is 52.5 Å². The number of aliphatic hydroxyl groups is 1. The zero-order valence-electron chi connectivity index (χ0n) is 50.8. The predicted molar refractivity (Wildman–Crippen MR) is 354 cm³/mol. The van der Waals surface area contributed by atoms with Crippen molar-refractivity contribution in [3.63, 3.8) is 0 Å². The molecule has 26 nitrogen and oxygen atoms in total. The standard InChI is InChI=1S/C62H61N13O13S6/c1-29(2)46(72-53(81)47-30(3)93-55(73-47)38(63)21-44(77)64-4)59-74-49(42(94-59)24-87-5)52(80)65-22-45(78)71-50(51(79)31-9-7-6-8-10-31)58-69-41(27-91-58)57-68-40(26-90-57)48-37(54-66-34(23-76)25-89-54)19-20-39(67-48)56-70-43(28-92-56)75(35-15-11-32(12-16-35)60(82)83)62(86)88-36-17-13-33(14-18-36)61(84)85/h6-12,15-16,19-20,23,25-29,33,36,38,46,50-51,79H,13-14,17-18,21-22,24,63H2,1-5H3,(H,64,77)(H,65,80)(H,71,78)(H,72,81)(H,82,83)(H,84,85)/t33-,36-,38-,46?,50-,51-/m0/s1. The van der Waals surface area contributed by atoms with Crippen molar-refractivity contribution >= 4 is 127 Å². The fraction of sp³-hybridized carbons (Fsp3) is 0.306. The van der Waals surface area contributed by atoms with Crippen molar-refractivity contribution < 1.29 is 63.1 Å². The highest BCUT2D eigenvalue weighted by atomic mass is 32.1. The van der Waals surface area contributed by atoms with Gasteiger partial charge in [-0.15, -0.1) is 68.0 Å². The first kappa shape index (κ1) is 67.9.